The Hall–Kier alpha value is -2.31. The number of aromatic nitrogens is 1. The molecular formula is C9H12N4O3. The maximum Gasteiger partial charge on any atom is 0.354 e. The van der Waals surface area contributed by atoms with Crippen LogP contribution in [0.5, 0.6) is 0 Å². The molecule has 7 heteroatoms. The van der Waals surface area contributed by atoms with Gasteiger partial charge in [-0.25, -0.2) is 14.6 Å². The van der Waals surface area contributed by atoms with Gasteiger partial charge in [-0.3, -0.25) is 0 Å². The summed E-state index contributed by atoms with van der Waals surface area (Å²) in [6.07, 6.45) is 1.40. The van der Waals surface area contributed by atoms with E-state index in [9.17, 15) is 9.59 Å². The minimum Gasteiger partial charge on any atom is -0.477 e. The Bertz CT molecular complexity index is 394. The molecule has 1 heterocycles. The van der Waals surface area contributed by atoms with Gasteiger partial charge in [-0.05, 0) is 12.1 Å². The van der Waals surface area contributed by atoms with E-state index in [1.54, 1.807) is 6.07 Å². The molecule has 1 rings (SSSR count). The van der Waals surface area contributed by atoms with Gasteiger partial charge in [-0.2, -0.15) is 0 Å². The van der Waals surface area contributed by atoms with Crippen LogP contribution >= 0.6 is 0 Å². The van der Waals surface area contributed by atoms with Crippen molar-refractivity contribution in [2.45, 2.75) is 0 Å². The van der Waals surface area contributed by atoms with Crippen LogP contribution in [-0.2, 0) is 0 Å². The molecule has 0 aromatic carbocycles. The number of rotatable bonds is 5. The second-order valence-corrected chi connectivity index (χ2v) is 2.95. The number of urea groups is 1. The molecule has 1 aromatic rings. The van der Waals surface area contributed by atoms with Crippen LogP contribution < -0.4 is 16.4 Å². The van der Waals surface area contributed by atoms with Crippen molar-refractivity contribution in [3.05, 3.63) is 24.0 Å². The quantitative estimate of drug-likeness (QED) is 0.519. The lowest BCUT2D eigenvalue weighted by Gasteiger charge is -2.06. The van der Waals surface area contributed by atoms with E-state index in [0.29, 0.717) is 18.8 Å². The molecule has 7 nitrogen and oxygen atoms in total. The molecule has 0 unspecified atom stereocenters. The topological polar surface area (TPSA) is 117 Å². The summed E-state index contributed by atoms with van der Waals surface area (Å²) in [4.78, 5) is 24.6. The number of nitrogens with one attached hydrogen (secondary N) is 2. The molecule has 0 radical (unpaired) electrons. The van der Waals surface area contributed by atoms with E-state index in [-0.39, 0.29) is 5.69 Å². The van der Waals surface area contributed by atoms with Crippen molar-refractivity contribution in [2.24, 2.45) is 5.73 Å². The Kier molecular flexibility index (Phi) is 4.07. The molecule has 0 atom stereocenters. The number of aromatic carboxylic acids is 1. The Labute approximate surface area is 91.7 Å². The van der Waals surface area contributed by atoms with E-state index >= 15 is 0 Å². The van der Waals surface area contributed by atoms with E-state index in [1.165, 1.54) is 12.3 Å². The number of amides is 2. The highest BCUT2D eigenvalue weighted by Gasteiger charge is 2.04. The number of pyridine rings is 1. The summed E-state index contributed by atoms with van der Waals surface area (Å²) in [7, 11) is 0. The monoisotopic (exact) mass is 224 g/mol. The van der Waals surface area contributed by atoms with E-state index in [1.807, 2.05) is 0 Å². The third kappa shape index (κ3) is 3.82. The van der Waals surface area contributed by atoms with Crippen LogP contribution in [-0.4, -0.2) is 35.2 Å². The average Bonchev–Trinajstić information content (AvgIpc) is 2.24. The van der Waals surface area contributed by atoms with Crippen LogP contribution in [0.3, 0.4) is 0 Å². The van der Waals surface area contributed by atoms with Crippen molar-refractivity contribution in [3.63, 3.8) is 0 Å². The third-order valence-electron chi connectivity index (χ3n) is 1.73. The number of hydrogen-bond acceptors (Lipinski definition) is 4. The van der Waals surface area contributed by atoms with Gasteiger partial charge in [-0.1, -0.05) is 0 Å². The van der Waals surface area contributed by atoms with Crippen molar-refractivity contribution in [2.75, 3.05) is 18.4 Å². The summed E-state index contributed by atoms with van der Waals surface area (Å²) in [6.45, 7) is 0.812. The molecule has 0 bridgehead atoms. The number of nitrogens with zero attached hydrogens (tertiary/aromatic N) is 1. The normalized spacial score (nSPS) is 9.50. The zero-order valence-electron chi connectivity index (χ0n) is 8.43. The maximum absolute atomic E-state index is 10.6. The first-order chi connectivity index (χ1) is 7.59. The predicted molar refractivity (Wildman–Crippen MR) is 57.3 cm³/mol. The van der Waals surface area contributed by atoms with Crippen molar-refractivity contribution >= 4 is 17.7 Å². The summed E-state index contributed by atoms with van der Waals surface area (Å²) >= 11 is 0. The van der Waals surface area contributed by atoms with Gasteiger partial charge in [0.05, 0.1) is 0 Å². The van der Waals surface area contributed by atoms with E-state index in [0.717, 1.165) is 0 Å². The SMILES string of the molecule is NC(=O)NCCNc1ccnc(C(=O)O)c1. The van der Waals surface area contributed by atoms with Crippen LogP contribution in [0, 0.1) is 0 Å². The van der Waals surface area contributed by atoms with Gasteiger partial charge in [0.25, 0.3) is 0 Å². The number of primary amides is 1. The predicted octanol–water partition coefficient (Wildman–Crippen LogP) is -0.140. The van der Waals surface area contributed by atoms with Crippen molar-refractivity contribution in [1.82, 2.24) is 10.3 Å². The Morgan fingerprint density at radius 2 is 2.19 bits per heavy atom. The van der Waals surface area contributed by atoms with Crippen molar-refractivity contribution in [3.8, 4) is 0 Å². The minimum atomic E-state index is -1.08. The van der Waals surface area contributed by atoms with Crippen LogP contribution in [0.15, 0.2) is 18.3 Å². The van der Waals surface area contributed by atoms with Crippen LogP contribution in [0.25, 0.3) is 0 Å². The summed E-state index contributed by atoms with van der Waals surface area (Å²) in [5, 5.41) is 14.0. The second-order valence-electron chi connectivity index (χ2n) is 2.95. The highest BCUT2D eigenvalue weighted by atomic mass is 16.4. The Morgan fingerprint density at radius 1 is 1.44 bits per heavy atom. The number of hydrogen-bond donors (Lipinski definition) is 4. The number of carbonyl (C=O) groups is 2. The van der Waals surface area contributed by atoms with Gasteiger partial charge in [0.15, 0.2) is 0 Å². The summed E-state index contributed by atoms with van der Waals surface area (Å²) in [6, 6.07) is 2.45. The summed E-state index contributed by atoms with van der Waals surface area (Å²) in [5.41, 5.74) is 5.46. The number of anilines is 1. The Balaban J connectivity index is 2.45. The fourth-order valence-corrected chi connectivity index (χ4v) is 1.05. The first-order valence-electron chi connectivity index (χ1n) is 4.56. The summed E-state index contributed by atoms with van der Waals surface area (Å²) < 4.78 is 0. The van der Waals surface area contributed by atoms with Gasteiger partial charge in [-0.15, -0.1) is 0 Å². The first-order valence-corrected chi connectivity index (χ1v) is 4.56. The average molecular weight is 224 g/mol. The van der Waals surface area contributed by atoms with E-state index < -0.39 is 12.0 Å². The molecule has 0 spiro atoms. The number of carbonyl (C=O) groups excluding carboxylic acids is 1. The van der Waals surface area contributed by atoms with Crippen LogP contribution in [0.2, 0.25) is 0 Å². The zero-order chi connectivity index (χ0) is 12.0. The third-order valence-corrected chi connectivity index (χ3v) is 1.73. The highest BCUT2D eigenvalue weighted by Crippen LogP contribution is 2.06. The van der Waals surface area contributed by atoms with Crippen LogP contribution in [0.1, 0.15) is 10.5 Å². The van der Waals surface area contributed by atoms with E-state index in [4.69, 9.17) is 10.8 Å². The Morgan fingerprint density at radius 3 is 2.81 bits per heavy atom. The lowest BCUT2D eigenvalue weighted by molar-refractivity contribution is 0.0690. The minimum absolute atomic E-state index is 0.0344. The molecule has 5 N–H and O–H groups in total. The molecule has 16 heavy (non-hydrogen) atoms. The van der Waals surface area contributed by atoms with Gasteiger partial charge in [0, 0.05) is 25.0 Å². The number of nitrogens with two attached hydrogens (primary N) is 1. The maximum atomic E-state index is 10.6. The van der Waals surface area contributed by atoms with Crippen molar-refractivity contribution in [1.29, 1.82) is 0 Å². The van der Waals surface area contributed by atoms with Gasteiger partial charge < -0.3 is 21.5 Å². The second kappa shape index (κ2) is 5.54. The largest absolute Gasteiger partial charge is 0.477 e. The number of carboxylic acids is 1. The lowest BCUT2D eigenvalue weighted by Crippen LogP contribution is -2.33. The van der Waals surface area contributed by atoms with Crippen LogP contribution in [0.4, 0.5) is 10.5 Å². The highest BCUT2D eigenvalue weighted by molar-refractivity contribution is 5.86. The molecule has 0 saturated heterocycles. The molecule has 0 saturated carbocycles. The number of carboxylic acid groups (broad SMARTS) is 1. The molecule has 2 amide bonds. The molecule has 0 fully saturated rings. The lowest BCUT2D eigenvalue weighted by atomic mass is 10.3. The molecule has 0 aliphatic carbocycles. The molecule has 1 aromatic heterocycles. The smallest absolute Gasteiger partial charge is 0.354 e. The zero-order valence-corrected chi connectivity index (χ0v) is 8.43. The first kappa shape index (κ1) is 11.8. The molecule has 86 valence electrons. The molecule has 0 aliphatic rings. The van der Waals surface area contributed by atoms with Crippen molar-refractivity contribution < 1.29 is 14.7 Å². The molecule has 0 aliphatic heterocycles. The van der Waals surface area contributed by atoms with E-state index in [2.05, 4.69) is 15.6 Å². The fraction of sp³-hybridized carbons (Fsp3) is 0.222. The molecular weight excluding hydrogens is 212 g/mol. The van der Waals surface area contributed by atoms with Gasteiger partial charge >= 0.3 is 12.0 Å². The van der Waals surface area contributed by atoms with Gasteiger partial charge in [0.2, 0.25) is 0 Å². The summed E-state index contributed by atoms with van der Waals surface area (Å²) in [5.74, 6) is -1.08. The fourth-order valence-electron chi connectivity index (χ4n) is 1.05. The van der Waals surface area contributed by atoms with Gasteiger partial charge in [0.1, 0.15) is 5.69 Å². The standard InChI is InChI=1S/C9H12N4O3/c10-9(16)13-4-3-11-6-1-2-12-7(5-6)8(14)15/h1-2,5H,3-4H2,(H,11,12)(H,14,15)(H3,10,13,16).